The Balaban J connectivity index is 1.62. The van der Waals surface area contributed by atoms with E-state index in [4.69, 9.17) is 27.9 Å². The maximum atomic E-state index is 13.9. The molecule has 132 valence electrons. The molecule has 3 rings (SSSR count). The van der Waals surface area contributed by atoms with Crippen molar-refractivity contribution >= 4 is 34.7 Å². The van der Waals surface area contributed by atoms with Crippen molar-refractivity contribution in [2.45, 2.75) is 18.9 Å². The molecule has 25 heavy (non-hydrogen) atoms. The van der Waals surface area contributed by atoms with E-state index in [9.17, 15) is 14.5 Å². The first-order chi connectivity index (χ1) is 11.9. The molecule has 1 fully saturated rings. The first-order valence-corrected chi connectivity index (χ1v) is 8.36. The van der Waals surface area contributed by atoms with Crippen LogP contribution in [0.15, 0.2) is 30.5 Å². The van der Waals surface area contributed by atoms with E-state index in [0.29, 0.717) is 31.7 Å². The molecule has 1 aromatic carbocycles. The van der Waals surface area contributed by atoms with Gasteiger partial charge < -0.3 is 9.64 Å². The first-order valence-electron chi connectivity index (χ1n) is 7.60. The van der Waals surface area contributed by atoms with Gasteiger partial charge in [0.15, 0.2) is 11.6 Å². The molecule has 1 saturated heterocycles. The van der Waals surface area contributed by atoms with Gasteiger partial charge in [0, 0.05) is 44.3 Å². The molecule has 0 unspecified atom stereocenters. The second-order valence-corrected chi connectivity index (χ2v) is 6.48. The molecule has 0 aliphatic carbocycles. The second kappa shape index (κ2) is 7.41. The van der Waals surface area contributed by atoms with Gasteiger partial charge in [-0.05, 0) is 12.1 Å². The van der Waals surface area contributed by atoms with Gasteiger partial charge in [-0.1, -0.05) is 23.2 Å². The van der Waals surface area contributed by atoms with Crippen LogP contribution >= 0.6 is 23.2 Å². The van der Waals surface area contributed by atoms with Gasteiger partial charge in [-0.2, -0.15) is 0 Å². The molecule has 1 aliphatic heterocycles. The molecule has 0 N–H and O–H groups in total. The summed E-state index contributed by atoms with van der Waals surface area (Å²) in [6.45, 7) is 1.14. The minimum absolute atomic E-state index is 0.0866. The Hall–Kier alpha value is -2.12. The average molecular weight is 386 g/mol. The van der Waals surface area contributed by atoms with Crippen LogP contribution in [0.4, 0.5) is 15.9 Å². The monoisotopic (exact) mass is 385 g/mol. The van der Waals surface area contributed by atoms with E-state index in [2.05, 4.69) is 4.98 Å². The molecular formula is C16H14Cl2FN3O3. The SMILES string of the molecule is O=[N+]([O-])c1ccc(OC2CCN(c3ncc(Cl)cc3F)CC2)c(Cl)c1. The van der Waals surface area contributed by atoms with Crippen LogP contribution in [0.2, 0.25) is 10.0 Å². The van der Waals surface area contributed by atoms with Crippen molar-refractivity contribution in [1.82, 2.24) is 4.98 Å². The topological polar surface area (TPSA) is 68.5 Å². The normalized spacial score (nSPS) is 15.2. The Bertz CT molecular complexity index is 798. The second-order valence-electron chi connectivity index (χ2n) is 5.64. The van der Waals surface area contributed by atoms with E-state index >= 15 is 0 Å². The molecule has 0 radical (unpaired) electrons. The Morgan fingerprint density at radius 1 is 1.28 bits per heavy atom. The number of nitro benzene ring substituents is 1. The number of hydrogen-bond donors (Lipinski definition) is 0. The number of benzene rings is 1. The van der Waals surface area contributed by atoms with E-state index in [-0.39, 0.29) is 27.7 Å². The maximum Gasteiger partial charge on any atom is 0.271 e. The van der Waals surface area contributed by atoms with Gasteiger partial charge in [0.25, 0.3) is 5.69 Å². The van der Waals surface area contributed by atoms with Crippen molar-refractivity contribution in [2.75, 3.05) is 18.0 Å². The molecule has 2 heterocycles. The lowest BCUT2D eigenvalue weighted by molar-refractivity contribution is -0.384. The quantitative estimate of drug-likeness (QED) is 0.572. The third kappa shape index (κ3) is 4.11. The zero-order chi connectivity index (χ0) is 18.0. The molecule has 9 heteroatoms. The zero-order valence-electron chi connectivity index (χ0n) is 13.0. The summed E-state index contributed by atoms with van der Waals surface area (Å²) in [7, 11) is 0. The standard InChI is InChI=1S/C16H14Cl2FN3O3/c17-10-7-14(19)16(20-9-10)21-5-3-12(4-6-21)25-15-2-1-11(22(23)24)8-13(15)18/h1-2,7-9,12H,3-6H2. The summed E-state index contributed by atoms with van der Waals surface area (Å²) >= 11 is 11.8. The van der Waals surface area contributed by atoms with E-state index in [1.165, 1.54) is 30.5 Å². The third-order valence-electron chi connectivity index (χ3n) is 3.95. The van der Waals surface area contributed by atoms with Gasteiger partial charge in [-0.15, -0.1) is 0 Å². The van der Waals surface area contributed by atoms with Crippen molar-refractivity contribution in [3.63, 3.8) is 0 Å². The van der Waals surface area contributed by atoms with Crippen molar-refractivity contribution < 1.29 is 14.1 Å². The van der Waals surface area contributed by atoms with Crippen LogP contribution in [0.1, 0.15) is 12.8 Å². The molecule has 0 spiro atoms. The van der Waals surface area contributed by atoms with Gasteiger partial charge in [0.1, 0.15) is 11.9 Å². The van der Waals surface area contributed by atoms with Crippen LogP contribution in [0.3, 0.4) is 0 Å². The number of piperidine rings is 1. The minimum Gasteiger partial charge on any atom is -0.489 e. The molecular weight excluding hydrogens is 372 g/mol. The predicted octanol–water partition coefficient (Wildman–Crippen LogP) is 4.48. The number of aromatic nitrogens is 1. The summed E-state index contributed by atoms with van der Waals surface area (Å²) in [4.78, 5) is 16.1. The summed E-state index contributed by atoms with van der Waals surface area (Å²) in [5.74, 6) is 0.225. The fourth-order valence-electron chi connectivity index (χ4n) is 2.70. The average Bonchev–Trinajstić information content (AvgIpc) is 2.57. The van der Waals surface area contributed by atoms with E-state index in [0.717, 1.165) is 0 Å². The van der Waals surface area contributed by atoms with E-state index < -0.39 is 10.7 Å². The van der Waals surface area contributed by atoms with Gasteiger partial charge in [0.2, 0.25) is 0 Å². The van der Waals surface area contributed by atoms with Crippen molar-refractivity contribution in [3.8, 4) is 5.75 Å². The van der Waals surface area contributed by atoms with Gasteiger partial charge in [-0.25, -0.2) is 9.37 Å². The van der Waals surface area contributed by atoms with Gasteiger partial charge in [-0.3, -0.25) is 10.1 Å². The highest BCUT2D eigenvalue weighted by Crippen LogP contribution is 2.31. The van der Waals surface area contributed by atoms with Gasteiger partial charge in [0.05, 0.1) is 15.0 Å². The molecule has 1 aliphatic rings. The van der Waals surface area contributed by atoms with Crippen LogP contribution in [0.5, 0.6) is 5.75 Å². The number of nitro groups is 1. The molecule has 0 saturated carbocycles. The van der Waals surface area contributed by atoms with E-state index in [1.54, 1.807) is 0 Å². The lowest BCUT2D eigenvalue weighted by atomic mass is 10.1. The van der Waals surface area contributed by atoms with Crippen LogP contribution in [0.25, 0.3) is 0 Å². The Morgan fingerprint density at radius 2 is 2.00 bits per heavy atom. The number of hydrogen-bond acceptors (Lipinski definition) is 5. The number of halogens is 3. The van der Waals surface area contributed by atoms with Crippen molar-refractivity contribution in [3.05, 3.63) is 56.4 Å². The number of non-ortho nitro benzene ring substituents is 1. The minimum atomic E-state index is -0.512. The van der Waals surface area contributed by atoms with E-state index in [1.807, 2.05) is 4.90 Å². The van der Waals surface area contributed by atoms with Crippen molar-refractivity contribution in [2.24, 2.45) is 0 Å². The van der Waals surface area contributed by atoms with Gasteiger partial charge >= 0.3 is 0 Å². The predicted molar refractivity (Wildman–Crippen MR) is 93.2 cm³/mol. The molecule has 6 nitrogen and oxygen atoms in total. The fourth-order valence-corrected chi connectivity index (χ4v) is 3.07. The summed E-state index contributed by atoms with van der Waals surface area (Å²) in [5, 5.41) is 11.2. The molecule has 0 bridgehead atoms. The highest BCUT2D eigenvalue weighted by molar-refractivity contribution is 6.32. The number of ether oxygens (including phenoxy) is 1. The lowest BCUT2D eigenvalue weighted by Crippen LogP contribution is -2.39. The number of rotatable bonds is 4. The lowest BCUT2D eigenvalue weighted by Gasteiger charge is -2.33. The zero-order valence-corrected chi connectivity index (χ0v) is 14.5. The highest BCUT2D eigenvalue weighted by atomic mass is 35.5. The Kier molecular flexibility index (Phi) is 5.24. The third-order valence-corrected chi connectivity index (χ3v) is 4.45. The molecule has 0 amide bonds. The summed E-state index contributed by atoms with van der Waals surface area (Å²) in [5.41, 5.74) is -0.0866. The number of nitrogens with zero attached hydrogens (tertiary/aromatic N) is 3. The fraction of sp³-hybridized carbons (Fsp3) is 0.312. The first kappa shape index (κ1) is 17.7. The smallest absolute Gasteiger partial charge is 0.271 e. The summed E-state index contributed by atoms with van der Waals surface area (Å²) < 4.78 is 19.8. The summed E-state index contributed by atoms with van der Waals surface area (Å²) in [6.07, 6.45) is 2.61. The van der Waals surface area contributed by atoms with Crippen LogP contribution in [0, 0.1) is 15.9 Å². The Morgan fingerprint density at radius 3 is 2.60 bits per heavy atom. The largest absolute Gasteiger partial charge is 0.489 e. The highest BCUT2D eigenvalue weighted by Gasteiger charge is 2.24. The summed E-state index contributed by atoms with van der Waals surface area (Å²) in [6, 6.07) is 5.35. The van der Waals surface area contributed by atoms with Crippen LogP contribution in [-0.2, 0) is 0 Å². The van der Waals surface area contributed by atoms with Crippen molar-refractivity contribution in [1.29, 1.82) is 0 Å². The number of anilines is 1. The number of pyridine rings is 1. The maximum absolute atomic E-state index is 13.9. The molecule has 2 aromatic rings. The Labute approximate surface area is 153 Å². The molecule has 1 aromatic heterocycles. The van der Waals surface area contributed by atoms with Crippen LogP contribution in [-0.4, -0.2) is 29.1 Å². The van der Waals surface area contributed by atoms with Crippen LogP contribution < -0.4 is 9.64 Å². The molecule has 0 atom stereocenters.